The third-order valence-corrected chi connectivity index (χ3v) is 6.86. The molecule has 0 N–H and O–H groups in total. The zero-order valence-corrected chi connectivity index (χ0v) is 19.8. The Balaban J connectivity index is 2.25. The summed E-state index contributed by atoms with van der Waals surface area (Å²) in [6, 6.07) is 14.6. The summed E-state index contributed by atoms with van der Waals surface area (Å²) < 4.78 is 0. The number of hydrogen-bond acceptors (Lipinski definition) is 2. The molecule has 2 aromatic carbocycles. The lowest BCUT2D eigenvalue weighted by molar-refractivity contribution is -0.157. The van der Waals surface area contributed by atoms with Crippen molar-refractivity contribution in [3.63, 3.8) is 0 Å². The fourth-order valence-electron chi connectivity index (χ4n) is 4.91. The summed E-state index contributed by atoms with van der Waals surface area (Å²) in [5.74, 6) is -0.0499. The van der Waals surface area contributed by atoms with E-state index in [9.17, 15) is 9.59 Å². The molecule has 0 aromatic heterocycles. The fraction of sp³-hybridized carbons (Fsp3) is 0.385. The molecule has 1 saturated heterocycles. The monoisotopic (exact) mass is 457 g/mol. The van der Waals surface area contributed by atoms with Gasteiger partial charge in [-0.15, -0.1) is 6.58 Å². The normalized spacial score (nSPS) is 24.7. The van der Waals surface area contributed by atoms with Crippen LogP contribution in [0.1, 0.15) is 63.1 Å². The molecule has 0 bridgehead atoms. The van der Waals surface area contributed by atoms with E-state index in [1.54, 1.807) is 13.0 Å². The smallest absolute Gasteiger partial charge is 0.229 e. The second-order valence-electron chi connectivity index (χ2n) is 8.66. The van der Waals surface area contributed by atoms with Crippen molar-refractivity contribution in [2.24, 2.45) is 5.41 Å². The molecule has 2 aromatic rings. The van der Waals surface area contributed by atoms with Gasteiger partial charge < -0.3 is 4.90 Å². The number of benzene rings is 2. The third kappa shape index (κ3) is 4.73. The zero-order chi connectivity index (χ0) is 22.8. The van der Waals surface area contributed by atoms with Crippen LogP contribution >= 0.6 is 23.2 Å². The Morgan fingerprint density at radius 1 is 1.19 bits per heavy atom. The molecule has 1 aliphatic heterocycles. The molecule has 5 heteroatoms. The number of nitrogens with zero attached hydrogens (tertiary/aromatic N) is 1. The van der Waals surface area contributed by atoms with Crippen LogP contribution in [-0.4, -0.2) is 22.6 Å². The number of rotatable bonds is 7. The maximum atomic E-state index is 13.9. The second kappa shape index (κ2) is 9.58. The van der Waals surface area contributed by atoms with Gasteiger partial charge in [0.15, 0.2) is 5.78 Å². The Kier molecular flexibility index (Phi) is 7.28. The number of Topliss-reactive ketones (excluding diaryl/α,β-unsaturated/α-hetero) is 1. The van der Waals surface area contributed by atoms with E-state index in [1.807, 2.05) is 61.2 Å². The SMILES string of the molecule is C=CCC1(C)CC(c2cccc(Cl)c2)[C@@H](c2ccc(Cl)cc2)N([C@@H](CC)C(C)=O)C1=O. The highest BCUT2D eigenvalue weighted by atomic mass is 35.5. The van der Waals surface area contributed by atoms with Crippen LogP contribution in [0.2, 0.25) is 10.0 Å². The Morgan fingerprint density at radius 2 is 1.87 bits per heavy atom. The van der Waals surface area contributed by atoms with Crippen LogP contribution in [0, 0.1) is 5.41 Å². The third-order valence-electron chi connectivity index (χ3n) is 6.38. The molecule has 2 unspecified atom stereocenters. The minimum absolute atomic E-state index is 0.00678. The van der Waals surface area contributed by atoms with Crippen molar-refractivity contribution in [3.05, 3.63) is 82.4 Å². The molecule has 164 valence electrons. The van der Waals surface area contributed by atoms with Crippen molar-refractivity contribution in [2.45, 2.75) is 58.0 Å². The van der Waals surface area contributed by atoms with Crippen LogP contribution in [-0.2, 0) is 9.59 Å². The van der Waals surface area contributed by atoms with Crippen LogP contribution in [0.25, 0.3) is 0 Å². The number of piperidine rings is 1. The number of allylic oxidation sites excluding steroid dienone is 1. The van der Waals surface area contributed by atoms with E-state index in [0.29, 0.717) is 29.3 Å². The van der Waals surface area contributed by atoms with Gasteiger partial charge in [0.25, 0.3) is 0 Å². The van der Waals surface area contributed by atoms with Gasteiger partial charge in [-0.1, -0.05) is 67.4 Å². The van der Waals surface area contributed by atoms with Crippen LogP contribution in [0.15, 0.2) is 61.2 Å². The molecule has 0 saturated carbocycles. The van der Waals surface area contributed by atoms with E-state index in [2.05, 4.69) is 12.6 Å². The number of carbonyl (C=O) groups excluding carboxylic acids is 2. The molecule has 1 fully saturated rings. The molecular weight excluding hydrogens is 429 g/mol. The lowest BCUT2D eigenvalue weighted by Crippen LogP contribution is -2.57. The molecule has 3 rings (SSSR count). The first-order valence-electron chi connectivity index (χ1n) is 10.7. The average Bonchev–Trinajstić information content (AvgIpc) is 2.72. The Morgan fingerprint density at radius 3 is 2.42 bits per heavy atom. The van der Waals surface area contributed by atoms with Crippen molar-refractivity contribution in [3.8, 4) is 0 Å². The molecule has 3 nitrogen and oxygen atoms in total. The van der Waals surface area contributed by atoms with E-state index >= 15 is 0 Å². The standard InChI is InChI=1S/C26H29Cl2NO2/c1-5-14-26(4)16-22(19-8-7-9-21(28)15-19)24(18-10-12-20(27)13-11-18)29(25(26)31)23(6-2)17(3)30/h5,7-13,15,22-24H,1,6,14,16H2,2-4H3/t22?,23-,24+,26?/m0/s1. The molecule has 31 heavy (non-hydrogen) atoms. The van der Waals surface area contributed by atoms with E-state index < -0.39 is 11.5 Å². The van der Waals surface area contributed by atoms with Gasteiger partial charge >= 0.3 is 0 Å². The number of hydrogen-bond donors (Lipinski definition) is 0. The van der Waals surface area contributed by atoms with Crippen LogP contribution < -0.4 is 0 Å². The van der Waals surface area contributed by atoms with Crippen LogP contribution in [0.5, 0.6) is 0 Å². The summed E-state index contributed by atoms with van der Waals surface area (Å²) in [7, 11) is 0. The van der Waals surface area contributed by atoms with E-state index in [0.717, 1.165) is 11.1 Å². The number of carbonyl (C=O) groups is 2. The summed E-state index contributed by atoms with van der Waals surface area (Å²) in [5, 5.41) is 1.28. The number of halogens is 2. The van der Waals surface area contributed by atoms with Crippen molar-refractivity contribution >= 4 is 34.9 Å². The number of likely N-dealkylation sites (tertiary alicyclic amines) is 1. The fourth-order valence-corrected chi connectivity index (χ4v) is 5.24. The van der Waals surface area contributed by atoms with Crippen LogP contribution in [0.4, 0.5) is 0 Å². The highest BCUT2D eigenvalue weighted by Gasteiger charge is 2.51. The van der Waals surface area contributed by atoms with Crippen molar-refractivity contribution < 1.29 is 9.59 Å². The highest BCUT2D eigenvalue weighted by molar-refractivity contribution is 6.30. The molecule has 1 aliphatic rings. The minimum Gasteiger partial charge on any atom is -0.325 e. The first-order chi connectivity index (χ1) is 14.7. The van der Waals surface area contributed by atoms with Crippen molar-refractivity contribution in [1.82, 2.24) is 4.90 Å². The Labute approximate surface area is 195 Å². The summed E-state index contributed by atoms with van der Waals surface area (Å²) >= 11 is 12.5. The van der Waals surface area contributed by atoms with Gasteiger partial charge in [0.05, 0.1) is 17.5 Å². The molecule has 0 radical (unpaired) electrons. The molecule has 4 atom stereocenters. The predicted molar refractivity (Wildman–Crippen MR) is 128 cm³/mol. The molecule has 0 spiro atoms. The van der Waals surface area contributed by atoms with E-state index in [1.165, 1.54) is 0 Å². The van der Waals surface area contributed by atoms with Gasteiger partial charge in [0.2, 0.25) is 5.91 Å². The van der Waals surface area contributed by atoms with Gasteiger partial charge in [-0.25, -0.2) is 0 Å². The topological polar surface area (TPSA) is 37.4 Å². The van der Waals surface area contributed by atoms with Gasteiger partial charge in [-0.3, -0.25) is 9.59 Å². The summed E-state index contributed by atoms with van der Waals surface area (Å²) in [6.07, 6.45) is 3.53. The zero-order valence-electron chi connectivity index (χ0n) is 18.3. The Bertz CT molecular complexity index is 972. The van der Waals surface area contributed by atoms with Crippen LogP contribution in [0.3, 0.4) is 0 Å². The number of ketones is 1. The first-order valence-corrected chi connectivity index (χ1v) is 11.4. The maximum absolute atomic E-state index is 13.9. The largest absolute Gasteiger partial charge is 0.325 e. The van der Waals surface area contributed by atoms with Gasteiger partial charge in [-0.2, -0.15) is 0 Å². The highest BCUT2D eigenvalue weighted by Crippen LogP contribution is 2.52. The Hall–Kier alpha value is -2.10. The molecule has 1 heterocycles. The van der Waals surface area contributed by atoms with Gasteiger partial charge in [0.1, 0.15) is 0 Å². The van der Waals surface area contributed by atoms with E-state index in [-0.39, 0.29) is 23.7 Å². The average molecular weight is 458 g/mol. The van der Waals surface area contributed by atoms with Gasteiger partial charge in [0, 0.05) is 16.0 Å². The molecular formula is C26H29Cl2NO2. The molecule has 0 aliphatic carbocycles. The summed E-state index contributed by atoms with van der Waals surface area (Å²) in [5.41, 5.74) is 1.36. The maximum Gasteiger partial charge on any atom is 0.229 e. The summed E-state index contributed by atoms with van der Waals surface area (Å²) in [6.45, 7) is 9.38. The van der Waals surface area contributed by atoms with Crippen molar-refractivity contribution in [1.29, 1.82) is 0 Å². The quantitative estimate of drug-likeness (QED) is 0.419. The second-order valence-corrected chi connectivity index (χ2v) is 9.54. The van der Waals surface area contributed by atoms with E-state index in [4.69, 9.17) is 23.2 Å². The number of amides is 1. The van der Waals surface area contributed by atoms with Gasteiger partial charge in [-0.05, 0) is 61.6 Å². The first kappa shape index (κ1) is 23.6. The summed E-state index contributed by atoms with van der Waals surface area (Å²) in [4.78, 5) is 28.4. The predicted octanol–water partition coefficient (Wildman–Crippen LogP) is 7.00. The molecule has 1 amide bonds. The van der Waals surface area contributed by atoms with Crippen molar-refractivity contribution in [2.75, 3.05) is 0 Å². The minimum atomic E-state index is -0.652. The lowest BCUT2D eigenvalue weighted by atomic mass is 9.67. The lowest BCUT2D eigenvalue weighted by Gasteiger charge is -2.51.